The third-order valence-corrected chi connectivity index (χ3v) is 6.25. The van der Waals surface area contributed by atoms with Crippen molar-refractivity contribution in [3.05, 3.63) is 88.3 Å². The smallest absolute Gasteiger partial charge is 0.222 e. The second kappa shape index (κ2) is 7.73. The summed E-state index contributed by atoms with van der Waals surface area (Å²) in [4.78, 5) is 15.1. The number of allylic oxidation sites excluding steroid dienone is 2. The predicted octanol–water partition coefficient (Wildman–Crippen LogP) is 4.84. The Morgan fingerprint density at radius 2 is 1.81 bits per heavy atom. The molecule has 2 aliphatic rings. The number of aromatic nitrogens is 2. The van der Waals surface area contributed by atoms with Gasteiger partial charge >= 0.3 is 0 Å². The summed E-state index contributed by atoms with van der Waals surface area (Å²) in [5.74, 6) is 1.66. The molecular weight excluding hydrogens is 386 g/mol. The first-order valence-electron chi connectivity index (χ1n) is 10.9. The van der Waals surface area contributed by atoms with Crippen molar-refractivity contribution >= 4 is 11.5 Å². The quantitative estimate of drug-likeness (QED) is 0.614. The van der Waals surface area contributed by atoms with E-state index in [2.05, 4.69) is 41.3 Å². The minimum atomic E-state index is -0.132. The Kier molecular flexibility index (Phi) is 4.89. The molecule has 0 N–H and O–H groups in total. The lowest BCUT2D eigenvalue weighted by Crippen LogP contribution is -2.26. The molecule has 5 nitrogen and oxygen atoms in total. The van der Waals surface area contributed by atoms with Crippen LogP contribution in [0.1, 0.15) is 47.6 Å². The van der Waals surface area contributed by atoms with E-state index < -0.39 is 0 Å². The van der Waals surface area contributed by atoms with Gasteiger partial charge in [-0.3, -0.25) is 4.79 Å². The molecule has 0 saturated carbocycles. The highest BCUT2D eigenvalue weighted by atomic mass is 16.5. The van der Waals surface area contributed by atoms with Crippen LogP contribution in [-0.2, 0) is 11.3 Å². The summed E-state index contributed by atoms with van der Waals surface area (Å²) in [5.41, 5.74) is 6.17. The lowest BCUT2D eigenvalue weighted by molar-refractivity contribution is -0.116. The lowest BCUT2D eigenvalue weighted by atomic mass is 9.77. The van der Waals surface area contributed by atoms with Gasteiger partial charge in [0.1, 0.15) is 5.76 Å². The number of carbonyl (C=O) groups excluding carboxylic acids is 1. The number of nitrogens with zero attached hydrogens (tertiary/aromatic N) is 3. The number of hydrogen-bond donors (Lipinski definition) is 0. The van der Waals surface area contributed by atoms with Crippen molar-refractivity contribution in [1.29, 1.82) is 0 Å². The number of ketones is 1. The molecule has 5 heteroatoms. The maximum absolute atomic E-state index is 13.0. The van der Waals surface area contributed by atoms with Gasteiger partial charge in [0.05, 0.1) is 12.2 Å². The Balaban J connectivity index is 1.64. The van der Waals surface area contributed by atoms with E-state index in [0.717, 1.165) is 52.6 Å². The van der Waals surface area contributed by atoms with Crippen LogP contribution in [0.25, 0.3) is 0 Å². The molecule has 5 rings (SSSR count). The van der Waals surface area contributed by atoms with Gasteiger partial charge in [-0.15, -0.1) is 0 Å². The molecule has 2 aromatic carbocycles. The zero-order chi connectivity index (χ0) is 21.5. The lowest BCUT2D eigenvalue weighted by Gasteiger charge is -2.31. The van der Waals surface area contributed by atoms with Crippen LogP contribution in [0.4, 0.5) is 5.69 Å². The minimum Gasteiger partial charge on any atom is -0.443 e. The van der Waals surface area contributed by atoms with Gasteiger partial charge in [0.25, 0.3) is 0 Å². The zero-order valence-corrected chi connectivity index (χ0v) is 18.3. The molecule has 1 aliphatic heterocycles. The summed E-state index contributed by atoms with van der Waals surface area (Å²) in [6.45, 7) is 2.66. The molecule has 0 amide bonds. The van der Waals surface area contributed by atoms with Gasteiger partial charge in [-0.25, -0.2) is 4.68 Å². The Bertz CT molecular complexity index is 1160. The average molecular weight is 414 g/mol. The number of carbonyl (C=O) groups is 1. The molecule has 1 aliphatic carbocycles. The molecule has 0 fully saturated rings. The minimum absolute atomic E-state index is 0.132. The van der Waals surface area contributed by atoms with Gasteiger partial charge in [-0.05, 0) is 36.6 Å². The number of aryl methyl sites for hydroxylation is 1. The molecular formula is C26H27N3O2. The molecule has 31 heavy (non-hydrogen) atoms. The number of rotatable bonds is 4. The number of ether oxygens (including phenoxy) is 1. The van der Waals surface area contributed by atoms with E-state index in [-0.39, 0.29) is 11.7 Å². The van der Waals surface area contributed by atoms with E-state index in [1.807, 2.05) is 43.9 Å². The maximum atomic E-state index is 13.0. The van der Waals surface area contributed by atoms with Gasteiger partial charge in [0.2, 0.25) is 5.88 Å². The summed E-state index contributed by atoms with van der Waals surface area (Å²) >= 11 is 0. The van der Waals surface area contributed by atoms with Crippen molar-refractivity contribution in [3.8, 4) is 5.88 Å². The van der Waals surface area contributed by atoms with Crippen LogP contribution in [0.2, 0.25) is 0 Å². The topological polar surface area (TPSA) is 47.4 Å². The molecule has 0 spiro atoms. The molecule has 158 valence electrons. The van der Waals surface area contributed by atoms with Crippen molar-refractivity contribution in [2.24, 2.45) is 0 Å². The highest BCUT2D eigenvalue weighted by Gasteiger charge is 2.40. The first-order valence-corrected chi connectivity index (χ1v) is 10.9. The number of hydrogen-bond acceptors (Lipinski definition) is 4. The summed E-state index contributed by atoms with van der Waals surface area (Å²) in [6, 6.07) is 18.8. The summed E-state index contributed by atoms with van der Waals surface area (Å²) in [5, 5.41) is 4.84. The number of fused-ring (bicyclic) bond motifs is 1. The first kappa shape index (κ1) is 19.6. The van der Waals surface area contributed by atoms with Gasteiger partial charge in [0.15, 0.2) is 5.78 Å². The van der Waals surface area contributed by atoms with Crippen molar-refractivity contribution in [2.75, 3.05) is 19.0 Å². The molecule has 1 atom stereocenters. The highest BCUT2D eigenvalue weighted by molar-refractivity contribution is 5.99. The third-order valence-electron chi connectivity index (χ3n) is 6.25. The van der Waals surface area contributed by atoms with Crippen LogP contribution in [0.3, 0.4) is 0 Å². The fourth-order valence-electron chi connectivity index (χ4n) is 4.70. The first-order chi connectivity index (χ1) is 15.0. The summed E-state index contributed by atoms with van der Waals surface area (Å²) in [6.07, 6.45) is 2.22. The summed E-state index contributed by atoms with van der Waals surface area (Å²) < 4.78 is 8.34. The Hall–Kier alpha value is -3.34. The normalized spacial score (nSPS) is 17.8. The van der Waals surface area contributed by atoms with E-state index in [1.165, 1.54) is 5.56 Å². The van der Waals surface area contributed by atoms with E-state index in [1.54, 1.807) is 0 Å². The largest absolute Gasteiger partial charge is 0.443 e. The van der Waals surface area contributed by atoms with E-state index in [4.69, 9.17) is 9.84 Å². The molecule has 2 heterocycles. The third kappa shape index (κ3) is 3.44. The van der Waals surface area contributed by atoms with Crippen LogP contribution in [0, 0.1) is 6.92 Å². The second-order valence-electron chi connectivity index (χ2n) is 8.58. The number of anilines is 1. The Morgan fingerprint density at radius 3 is 2.52 bits per heavy atom. The zero-order valence-electron chi connectivity index (χ0n) is 18.3. The number of benzene rings is 2. The second-order valence-corrected chi connectivity index (χ2v) is 8.58. The molecule has 1 unspecified atom stereocenters. The van der Waals surface area contributed by atoms with Crippen LogP contribution in [0.5, 0.6) is 5.88 Å². The fourth-order valence-corrected chi connectivity index (χ4v) is 4.70. The standard InChI is InChI=1S/C26H27N3O2/c1-17-23-24(19-12-14-20(15-13-19)28(2)3)25-21(30)10-7-11-22(25)31-26(23)29(27-17)16-18-8-5-4-6-9-18/h4-6,8-9,12-15,24H,7,10-11,16H2,1-3H3. The molecule has 0 radical (unpaired) electrons. The van der Waals surface area contributed by atoms with Crippen LogP contribution < -0.4 is 9.64 Å². The monoisotopic (exact) mass is 413 g/mol. The van der Waals surface area contributed by atoms with Gasteiger partial charge in [-0.2, -0.15) is 5.10 Å². The van der Waals surface area contributed by atoms with E-state index in [0.29, 0.717) is 13.0 Å². The molecule has 0 bridgehead atoms. The average Bonchev–Trinajstić information content (AvgIpc) is 3.08. The van der Waals surface area contributed by atoms with Crippen molar-refractivity contribution in [3.63, 3.8) is 0 Å². The highest BCUT2D eigenvalue weighted by Crippen LogP contribution is 2.48. The molecule has 0 saturated heterocycles. The van der Waals surface area contributed by atoms with Gasteiger partial charge < -0.3 is 9.64 Å². The van der Waals surface area contributed by atoms with Gasteiger partial charge in [-0.1, -0.05) is 42.5 Å². The predicted molar refractivity (Wildman–Crippen MR) is 122 cm³/mol. The fraction of sp³-hybridized carbons (Fsp3) is 0.308. The van der Waals surface area contributed by atoms with Crippen LogP contribution in [-0.4, -0.2) is 29.7 Å². The number of Topliss-reactive ketones (excluding diaryl/α,β-unsaturated/α-hetero) is 1. The van der Waals surface area contributed by atoms with Gasteiger partial charge in [0, 0.05) is 49.7 Å². The summed E-state index contributed by atoms with van der Waals surface area (Å²) in [7, 11) is 4.06. The molecule has 3 aromatic rings. The van der Waals surface area contributed by atoms with Crippen LogP contribution in [0.15, 0.2) is 65.9 Å². The maximum Gasteiger partial charge on any atom is 0.222 e. The molecule has 1 aromatic heterocycles. The van der Waals surface area contributed by atoms with Crippen LogP contribution >= 0.6 is 0 Å². The Labute approximate surface area is 183 Å². The van der Waals surface area contributed by atoms with Crippen molar-refractivity contribution < 1.29 is 9.53 Å². The van der Waals surface area contributed by atoms with Crippen molar-refractivity contribution in [2.45, 2.75) is 38.6 Å². The SMILES string of the molecule is Cc1nn(Cc2ccccc2)c2c1C(c1ccc(N(C)C)cc1)C1=C(CCCC1=O)O2. The van der Waals surface area contributed by atoms with Crippen molar-refractivity contribution in [1.82, 2.24) is 9.78 Å². The van der Waals surface area contributed by atoms with E-state index in [9.17, 15) is 4.79 Å². The Morgan fingerprint density at radius 1 is 1.06 bits per heavy atom. The van der Waals surface area contributed by atoms with E-state index >= 15 is 0 Å².